The number of pyridine rings is 1. The first-order valence-electron chi connectivity index (χ1n) is 8.66. The number of rotatable bonds is 3. The maximum Gasteiger partial charge on any atom is 0.142 e. The number of nitriles is 1. The van der Waals surface area contributed by atoms with Gasteiger partial charge in [-0.1, -0.05) is 18.2 Å². The average molecular weight is 371 g/mol. The number of hydrogen-bond donors (Lipinski definition) is 0. The molecule has 3 heterocycles. The van der Waals surface area contributed by atoms with Crippen molar-refractivity contribution < 1.29 is 4.74 Å². The molecule has 0 aliphatic carbocycles. The van der Waals surface area contributed by atoms with E-state index in [0.717, 1.165) is 31.2 Å². The minimum atomic E-state index is 0. The van der Waals surface area contributed by atoms with E-state index >= 15 is 0 Å². The number of likely N-dealkylation sites (tertiary alicyclic amines) is 1. The van der Waals surface area contributed by atoms with Crippen LogP contribution in [0.2, 0.25) is 0 Å². The number of benzene rings is 1. The summed E-state index contributed by atoms with van der Waals surface area (Å²) in [6.07, 6.45) is 0. The molecule has 0 amide bonds. The molecular weight excluding hydrogens is 348 g/mol. The lowest BCUT2D eigenvalue weighted by atomic mass is 9.89. The van der Waals surface area contributed by atoms with Gasteiger partial charge in [0.2, 0.25) is 0 Å². The second kappa shape index (κ2) is 7.53. The van der Waals surface area contributed by atoms with Gasteiger partial charge in [0, 0.05) is 31.6 Å². The van der Waals surface area contributed by atoms with Gasteiger partial charge in [-0.2, -0.15) is 5.26 Å². The van der Waals surface area contributed by atoms with Crippen molar-refractivity contribution in [3.05, 3.63) is 53.7 Å². The maximum absolute atomic E-state index is 9.09. The Morgan fingerprint density at radius 2 is 1.88 bits per heavy atom. The summed E-state index contributed by atoms with van der Waals surface area (Å²) in [5, 5.41) is 9.09. The van der Waals surface area contributed by atoms with Crippen molar-refractivity contribution in [1.29, 1.82) is 5.26 Å². The molecule has 26 heavy (non-hydrogen) atoms. The van der Waals surface area contributed by atoms with Crippen molar-refractivity contribution >= 4 is 18.2 Å². The van der Waals surface area contributed by atoms with Crippen molar-refractivity contribution in [2.24, 2.45) is 11.8 Å². The monoisotopic (exact) mass is 370 g/mol. The summed E-state index contributed by atoms with van der Waals surface area (Å²) in [5.74, 6) is 3.02. The van der Waals surface area contributed by atoms with Gasteiger partial charge in [-0.05, 0) is 42.8 Å². The first-order chi connectivity index (χ1) is 12.2. The van der Waals surface area contributed by atoms with Gasteiger partial charge in [0.15, 0.2) is 0 Å². The van der Waals surface area contributed by atoms with Crippen LogP contribution in [0.5, 0.6) is 5.75 Å². The molecule has 5 nitrogen and oxygen atoms in total. The fourth-order valence-corrected chi connectivity index (χ4v) is 4.41. The van der Waals surface area contributed by atoms with Crippen LogP contribution in [0.15, 0.2) is 42.5 Å². The fourth-order valence-electron chi connectivity index (χ4n) is 4.41. The molecule has 0 bridgehead atoms. The van der Waals surface area contributed by atoms with Crippen molar-refractivity contribution in [2.75, 3.05) is 38.7 Å². The number of nitrogens with zero attached hydrogens (tertiary/aromatic N) is 4. The number of hydrogen-bond acceptors (Lipinski definition) is 5. The van der Waals surface area contributed by atoms with E-state index in [1.807, 2.05) is 24.3 Å². The molecule has 3 atom stereocenters. The summed E-state index contributed by atoms with van der Waals surface area (Å²) in [5.41, 5.74) is 1.83. The quantitative estimate of drug-likeness (QED) is 0.830. The fraction of sp³-hybridized carbons (Fsp3) is 0.400. The van der Waals surface area contributed by atoms with E-state index in [4.69, 9.17) is 10.00 Å². The molecular formula is C20H23ClN4O. The summed E-state index contributed by atoms with van der Waals surface area (Å²) in [7, 11) is 3.91. The van der Waals surface area contributed by atoms with Crippen molar-refractivity contribution in [2.45, 2.75) is 6.04 Å². The molecule has 0 unspecified atom stereocenters. The van der Waals surface area contributed by atoms with E-state index < -0.39 is 0 Å². The number of fused-ring (bicyclic) bond motifs is 1. The predicted molar refractivity (Wildman–Crippen MR) is 104 cm³/mol. The van der Waals surface area contributed by atoms with Crippen LogP contribution in [0.1, 0.15) is 17.3 Å². The highest BCUT2D eigenvalue weighted by molar-refractivity contribution is 5.85. The number of ether oxygens (including phenoxy) is 1. The van der Waals surface area contributed by atoms with Gasteiger partial charge in [-0.3, -0.25) is 4.90 Å². The smallest absolute Gasteiger partial charge is 0.142 e. The number of anilines is 1. The molecule has 2 fully saturated rings. The zero-order chi connectivity index (χ0) is 17.4. The third-order valence-electron chi connectivity index (χ3n) is 5.52. The third kappa shape index (κ3) is 3.23. The largest absolute Gasteiger partial charge is 0.497 e. The molecule has 6 heteroatoms. The standard InChI is InChI=1S/C20H22N4O.ClH/c1-23-11-15-12-24(19-5-3-4-16(10-21)22-19)13-18(15)20(23)14-6-8-17(25-2)9-7-14;/h3-9,15,18,20H,11-13H2,1-2H3;1H/t15-,18+,20+;/m0./s1. The summed E-state index contributed by atoms with van der Waals surface area (Å²) >= 11 is 0. The van der Waals surface area contributed by atoms with Crippen molar-refractivity contribution in [1.82, 2.24) is 9.88 Å². The molecule has 0 saturated carbocycles. The SMILES string of the molecule is COc1ccc([C@@H]2[C@@H]3CN(c4cccc(C#N)n4)C[C@@H]3CN2C)cc1.Cl. The molecule has 0 spiro atoms. The first-order valence-corrected chi connectivity index (χ1v) is 8.66. The van der Waals surface area contributed by atoms with Gasteiger partial charge in [-0.15, -0.1) is 12.4 Å². The topological polar surface area (TPSA) is 52.4 Å². The van der Waals surface area contributed by atoms with Crippen LogP contribution in [0.25, 0.3) is 0 Å². The van der Waals surface area contributed by atoms with Crippen LogP contribution in [0, 0.1) is 23.2 Å². The summed E-state index contributed by atoms with van der Waals surface area (Å²) in [4.78, 5) is 9.27. The van der Waals surface area contributed by atoms with E-state index in [9.17, 15) is 0 Å². The van der Waals surface area contributed by atoms with Gasteiger partial charge < -0.3 is 9.64 Å². The Labute approximate surface area is 160 Å². The third-order valence-corrected chi connectivity index (χ3v) is 5.52. The number of aromatic nitrogens is 1. The minimum Gasteiger partial charge on any atom is -0.497 e. The lowest BCUT2D eigenvalue weighted by Gasteiger charge is -2.27. The molecule has 136 valence electrons. The molecule has 2 aromatic rings. The molecule has 2 saturated heterocycles. The van der Waals surface area contributed by atoms with Gasteiger partial charge in [0.05, 0.1) is 7.11 Å². The van der Waals surface area contributed by atoms with Gasteiger partial charge in [0.1, 0.15) is 23.3 Å². The van der Waals surface area contributed by atoms with E-state index in [2.05, 4.69) is 40.0 Å². The molecule has 2 aliphatic heterocycles. The Morgan fingerprint density at radius 1 is 1.12 bits per heavy atom. The first kappa shape index (κ1) is 18.5. The Bertz CT molecular complexity index is 804. The normalized spacial score (nSPS) is 24.7. The van der Waals surface area contributed by atoms with Gasteiger partial charge >= 0.3 is 0 Å². The highest BCUT2D eigenvalue weighted by Crippen LogP contribution is 2.45. The average Bonchev–Trinajstić information content (AvgIpc) is 3.18. The van der Waals surface area contributed by atoms with E-state index in [1.54, 1.807) is 13.2 Å². The van der Waals surface area contributed by atoms with Crippen LogP contribution < -0.4 is 9.64 Å². The van der Waals surface area contributed by atoms with Gasteiger partial charge in [-0.25, -0.2) is 4.98 Å². The zero-order valence-corrected chi connectivity index (χ0v) is 15.8. The van der Waals surface area contributed by atoms with Crippen LogP contribution in [-0.2, 0) is 0 Å². The summed E-state index contributed by atoms with van der Waals surface area (Å²) in [6.45, 7) is 3.08. The predicted octanol–water partition coefficient (Wildman–Crippen LogP) is 3.12. The molecule has 4 rings (SSSR count). The lowest BCUT2D eigenvalue weighted by molar-refractivity contribution is 0.279. The van der Waals surface area contributed by atoms with Crippen molar-refractivity contribution in [3.8, 4) is 11.8 Å². The van der Waals surface area contributed by atoms with Crippen molar-refractivity contribution in [3.63, 3.8) is 0 Å². The molecule has 2 aliphatic rings. The lowest BCUT2D eigenvalue weighted by Crippen LogP contribution is -2.29. The Morgan fingerprint density at radius 3 is 2.58 bits per heavy atom. The molecule has 0 radical (unpaired) electrons. The van der Waals surface area contributed by atoms with E-state index in [-0.39, 0.29) is 12.4 Å². The summed E-state index contributed by atoms with van der Waals surface area (Å²) < 4.78 is 5.29. The minimum absolute atomic E-state index is 0. The zero-order valence-electron chi connectivity index (χ0n) is 15.0. The van der Waals surface area contributed by atoms with E-state index in [1.165, 1.54) is 5.56 Å². The highest BCUT2D eigenvalue weighted by atomic mass is 35.5. The Kier molecular flexibility index (Phi) is 5.36. The maximum atomic E-state index is 9.09. The van der Waals surface area contributed by atoms with Crippen LogP contribution >= 0.6 is 12.4 Å². The van der Waals surface area contributed by atoms with Crippen LogP contribution in [0.3, 0.4) is 0 Å². The molecule has 1 aromatic carbocycles. The second-order valence-electron chi connectivity index (χ2n) is 6.98. The molecule has 1 aromatic heterocycles. The number of halogens is 1. The Hall–Kier alpha value is -2.29. The molecule has 0 N–H and O–H groups in total. The van der Waals surface area contributed by atoms with E-state index in [0.29, 0.717) is 23.6 Å². The van der Waals surface area contributed by atoms with Gasteiger partial charge in [0.25, 0.3) is 0 Å². The Balaban J connectivity index is 0.00000196. The number of methoxy groups -OCH3 is 1. The second-order valence-corrected chi connectivity index (χ2v) is 6.98. The summed E-state index contributed by atoms with van der Waals surface area (Å²) in [6, 6.07) is 16.7. The highest BCUT2D eigenvalue weighted by Gasteiger charge is 2.46. The van der Waals surface area contributed by atoms with Crippen LogP contribution in [0.4, 0.5) is 5.82 Å². The van der Waals surface area contributed by atoms with Crippen LogP contribution in [-0.4, -0.2) is 43.7 Å².